The van der Waals surface area contributed by atoms with Gasteiger partial charge in [-0.3, -0.25) is 19.2 Å². The van der Waals surface area contributed by atoms with Crippen LogP contribution in [0.25, 0.3) is 32.6 Å². The number of nitrogens with two attached hydrogens (primary N) is 2. The number of Topliss-reactive ketones (excluding diaryl/α,β-unsaturated/α-hetero) is 2. The lowest BCUT2D eigenvalue weighted by Crippen LogP contribution is -2.43. The Hall–Kier alpha value is -4.96. The minimum Gasteiger partial charge on any atom is -0.480 e. The van der Waals surface area contributed by atoms with Crippen LogP contribution in [0.2, 0.25) is 0 Å². The number of ketones is 2. The van der Waals surface area contributed by atoms with Crippen molar-refractivity contribution in [2.24, 2.45) is 0 Å². The van der Waals surface area contributed by atoms with Crippen LogP contribution in [0.5, 0.6) is 11.5 Å². The zero-order valence-corrected chi connectivity index (χ0v) is 40.1. The smallest absolute Gasteiger partial charge is 0.353 e. The van der Waals surface area contributed by atoms with E-state index < -0.39 is 47.1 Å². The van der Waals surface area contributed by atoms with Gasteiger partial charge in [0, 0.05) is 41.4 Å². The Bertz CT molecular complexity index is 2610. The number of hydrogen-bond donors (Lipinski definition) is 4. The van der Waals surface area contributed by atoms with Crippen LogP contribution in [0.1, 0.15) is 150 Å². The predicted octanol–water partition coefficient (Wildman–Crippen LogP) is 10.1. The standard InChI is InChI=1S/C50H66N4O10S2/c1-31-41(51)39-35(24-23-33-43(57)46(60)49(50(61)62)64-47(33)39)53(31)25-19-15-11-7-3-5-9-13-17-21-27-65-66-28-22-18-14-10-6-4-8-12-16-20-26-54-32(2)42(52)40-36(54)29-34-38(45(59)44(34)58)48(40)63-30-37(55)56/h23-24,29,49H,3-22,25-28,30,51-52H2,1-2H3,(H,55,56)(H,61,62). The average molecular weight is 947 g/mol. The molecular formula is C50H66N4O10S2. The first kappa shape index (κ1) is 50.5. The van der Waals surface area contributed by atoms with Crippen LogP contribution in [-0.2, 0) is 27.5 Å². The van der Waals surface area contributed by atoms with Crippen molar-refractivity contribution in [2.75, 3.05) is 29.6 Å². The van der Waals surface area contributed by atoms with Gasteiger partial charge in [-0.1, -0.05) is 124 Å². The number of carboxylic acid groups (broad SMARTS) is 2. The fourth-order valence-corrected chi connectivity index (χ4v) is 11.6. The Balaban J connectivity index is 0.715. The summed E-state index contributed by atoms with van der Waals surface area (Å²) in [6.07, 6.45) is 22.5. The molecule has 6 N–H and O–H groups in total. The molecule has 0 saturated heterocycles. The second-order valence-electron chi connectivity index (χ2n) is 17.7. The Kier molecular flexibility index (Phi) is 18.5. The molecule has 1 aliphatic heterocycles. The van der Waals surface area contributed by atoms with Gasteiger partial charge in [0.1, 0.15) is 11.5 Å². The summed E-state index contributed by atoms with van der Waals surface area (Å²) in [5, 5.41) is 20.0. The zero-order chi connectivity index (χ0) is 47.3. The maximum absolute atomic E-state index is 12.6. The molecule has 0 amide bonds. The molecule has 358 valence electrons. The van der Waals surface area contributed by atoms with Crippen molar-refractivity contribution in [1.29, 1.82) is 0 Å². The number of hydrogen-bond acceptors (Lipinski definition) is 12. The summed E-state index contributed by atoms with van der Waals surface area (Å²) in [5.41, 5.74) is 15.7. The normalized spacial score (nSPS) is 13.9. The number of fused-ring (bicyclic) bond motifs is 5. The van der Waals surface area contributed by atoms with E-state index in [0.717, 1.165) is 62.1 Å². The Morgan fingerprint density at radius 3 is 1.61 bits per heavy atom. The van der Waals surface area contributed by atoms with Crippen molar-refractivity contribution in [1.82, 2.24) is 9.13 Å². The molecule has 5 aromatic rings. The van der Waals surface area contributed by atoms with Gasteiger partial charge in [-0.2, -0.15) is 0 Å². The van der Waals surface area contributed by atoms with Crippen LogP contribution in [0.15, 0.2) is 27.8 Å². The lowest BCUT2D eigenvalue weighted by molar-refractivity contribution is -0.149. The molecule has 3 aromatic carbocycles. The summed E-state index contributed by atoms with van der Waals surface area (Å²) in [7, 11) is 4.05. The van der Waals surface area contributed by atoms with Crippen LogP contribution in [0.3, 0.4) is 0 Å². The number of carboxylic acids is 2. The van der Waals surface area contributed by atoms with E-state index in [1.807, 2.05) is 35.4 Å². The van der Waals surface area contributed by atoms with Gasteiger partial charge in [0.2, 0.25) is 16.6 Å². The molecule has 3 heterocycles. The van der Waals surface area contributed by atoms with Gasteiger partial charge in [-0.25, -0.2) is 9.59 Å². The molecule has 1 atom stereocenters. The van der Waals surface area contributed by atoms with E-state index in [0.29, 0.717) is 27.7 Å². The zero-order valence-electron chi connectivity index (χ0n) is 38.5. The lowest BCUT2D eigenvalue weighted by Gasteiger charge is -2.22. The largest absolute Gasteiger partial charge is 0.480 e. The van der Waals surface area contributed by atoms with Crippen molar-refractivity contribution in [3.63, 3.8) is 0 Å². The van der Waals surface area contributed by atoms with Crippen molar-refractivity contribution in [3.8, 4) is 11.5 Å². The molecule has 0 spiro atoms. The second kappa shape index (κ2) is 24.2. The molecule has 1 unspecified atom stereocenters. The number of rotatable bonds is 31. The third kappa shape index (κ3) is 11.8. The molecule has 2 aromatic heterocycles. The van der Waals surface area contributed by atoms with Crippen LogP contribution in [-0.4, -0.2) is 67.1 Å². The number of nitrogens with zero attached hydrogens (tertiary/aromatic N) is 2. The molecule has 0 fully saturated rings. The number of aliphatic carboxylic acids is 2. The fourth-order valence-electron chi connectivity index (χ4n) is 9.32. The molecule has 0 radical (unpaired) electrons. The number of ether oxygens (including phenoxy) is 2. The molecule has 16 heteroatoms. The number of carbonyl (C=O) groups excluding carboxylic acids is 2. The quantitative estimate of drug-likeness (QED) is 0.0140. The monoisotopic (exact) mass is 946 g/mol. The number of anilines is 2. The van der Waals surface area contributed by atoms with Crippen LogP contribution < -0.4 is 31.8 Å². The molecule has 0 aliphatic carbocycles. The van der Waals surface area contributed by atoms with Crippen LogP contribution >= 0.6 is 21.6 Å². The van der Waals surface area contributed by atoms with Gasteiger partial charge >= 0.3 is 11.9 Å². The van der Waals surface area contributed by atoms with Crippen molar-refractivity contribution < 1.29 is 38.9 Å². The van der Waals surface area contributed by atoms with E-state index in [2.05, 4.69) is 9.13 Å². The second-order valence-corrected chi connectivity index (χ2v) is 20.4. The van der Waals surface area contributed by atoms with E-state index in [1.54, 1.807) is 12.1 Å². The van der Waals surface area contributed by atoms with Gasteiger partial charge < -0.3 is 40.3 Å². The van der Waals surface area contributed by atoms with E-state index >= 15 is 0 Å². The SMILES string of the molecule is Cc1c(N)c2c3c(ccc2n1CCCCCCCCCCCCSSCCCCCCCCCCCCn1c(C)c(N)c2c(OCC(=O)O)c4c(=O)c(=O)c4cc21)C(=O)C(=O)C(C(=O)O)O3. The van der Waals surface area contributed by atoms with E-state index in [-0.39, 0.29) is 27.8 Å². The summed E-state index contributed by atoms with van der Waals surface area (Å²) in [4.78, 5) is 72.1. The third-order valence-corrected chi connectivity index (χ3v) is 15.7. The number of nitrogen functional groups attached to an aromatic ring is 2. The number of unbranched alkanes of at least 4 members (excludes halogenated alkanes) is 18. The maximum atomic E-state index is 12.6. The highest BCUT2D eigenvalue weighted by atomic mass is 33.1. The number of aromatic nitrogens is 2. The highest BCUT2D eigenvalue weighted by Crippen LogP contribution is 2.42. The molecule has 0 saturated carbocycles. The molecule has 6 rings (SSSR count). The summed E-state index contributed by atoms with van der Waals surface area (Å²) in [6, 6.07) is 5.00. The maximum Gasteiger partial charge on any atom is 0.353 e. The van der Waals surface area contributed by atoms with Gasteiger partial charge in [0.05, 0.1) is 44.1 Å². The van der Waals surface area contributed by atoms with E-state index in [4.69, 9.17) is 26.0 Å². The highest BCUT2D eigenvalue weighted by molar-refractivity contribution is 8.76. The molecule has 14 nitrogen and oxygen atoms in total. The summed E-state index contributed by atoms with van der Waals surface area (Å²) in [6.45, 7) is 4.65. The van der Waals surface area contributed by atoms with E-state index in [1.165, 1.54) is 114 Å². The highest BCUT2D eigenvalue weighted by Gasteiger charge is 2.42. The molecular weight excluding hydrogens is 881 g/mol. The molecule has 0 bridgehead atoms. The van der Waals surface area contributed by atoms with Crippen molar-refractivity contribution in [3.05, 3.63) is 55.6 Å². The van der Waals surface area contributed by atoms with Crippen molar-refractivity contribution in [2.45, 2.75) is 161 Å². The van der Waals surface area contributed by atoms with Crippen LogP contribution in [0.4, 0.5) is 11.4 Å². The molecule has 1 aliphatic rings. The number of carbonyl (C=O) groups is 4. The first-order valence-electron chi connectivity index (χ1n) is 23.9. The molecule has 66 heavy (non-hydrogen) atoms. The number of benzene rings is 2. The topological polar surface area (TPSA) is 223 Å². The first-order chi connectivity index (χ1) is 31.8. The summed E-state index contributed by atoms with van der Waals surface area (Å²) < 4.78 is 15.2. The van der Waals surface area contributed by atoms with Gasteiger partial charge in [-0.15, -0.1) is 0 Å². The van der Waals surface area contributed by atoms with Crippen LogP contribution in [0, 0.1) is 13.8 Å². The lowest BCUT2D eigenvalue weighted by atomic mass is 9.97. The van der Waals surface area contributed by atoms with E-state index in [9.17, 15) is 33.9 Å². The average Bonchev–Trinajstić information content (AvgIpc) is 3.69. The number of aryl methyl sites for hydroxylation is 2. The first-order valence-corrected chi connectivity index (χ1v) is 26.4. The third-order valence-electron chi connectivity index (χ3n) is 13.1. The minimum absolute atomic E-state index is 0.0580. The summed E-state index contributed by atoms with van der Waals surface area (Å²) in [5.74, 6) is -1.96. The fraction of sp³-hybridized carbons (Fsp3) is 0.560. The Labute approximate surface area is 393 Å². The predicted molar refractivity (Wildman–Crippen MR) is 266 cm³/mol. The van der Waals surface area contributed by atoms with Gasteiger partial charge in [0.15, 0.2) is 6.61 Å². The Morgan fingerprint density at radius 1 is 0.636 bits per heavy atom. The van der Waals surface area contributed by atoms with Crippen molar-refractivity contribution >= 4 is 89.0 Å². The Morgan fingerprint density at radius 2 is 1.11 bits per heavy atom. The van der Waals surface area contributed by atoms with Gasteiger partial charge in [-0.05, 0) is 57.7 Å². The summed E-state index contributed by atoms with van der Waals surface area (Å²) >= 11 is 0. The minimum atomic E-state index is -1.85. The van der Waals surface area contributed by atoms with Gasteiger partial charge in [0.25, 0.3) is 11.9 Å².